The first-order valence-electron chi connectivity index (χ1n) is 6.84. The zero-order chi connectivity index (χ0) is 14.7. The van der Waals surface area contributed by atoms with E-state index in [1.54, 1.807) is 0 Å². The lowest BCUT2D eigenvalue weighted by atomic mass is 9.94. The van der Waals surface area contributed by atoms with Crippen LogP contribution in [0.4, 0.5) is 0 Å². The standard InChI is InChI=1S/C15H17NO3S2/c17-14(11-3-5-19-8-11)16-10-15(18,12-4-7-20-9-12)13-2-1-6-21-13/h1-2,4,6-7,9,11,18H,3,5,8,10H2,(H,16,17)/t11-,15-/m1/s1. The van der Waals surface area contributed by atoms with Gasteiger partial charge < -0.3 is 15.2 Å². The average Bonchev–Trinajstić information content (AvgIpc) is 3.27. The minimum absolute atomic E-state index is 0.0438. The van der Waals surface area contributed by atoms with Crippen LogP contribution in [0.5, 0.6) is 0 Å². The van der Waals surface area contributed by atoms with Crippen molar-refractivity contribution in [2.75, 3.05) is 19.8 Å². The second kappa shape index (κ2) is 6.27. The Bertz CT molecular complexity index is 540. The van der Waals surface area contributed by atoms with E-state index in [4.69, 9.17) is 4.74 Å². The smallest absolute Gasteiger partial charge is 0.225 e. The molecule has 0 bridgehead atoms. The number of thiophene rings is 2. The number of rotatable bonds is 5. The van der Waals surface area contributed by atoms with Crippen molar-refractivity contribution in [2.24, 2.45) is 5.92 Å². The van der Waals surface area contributed by atoms with Gasteiger partial charge in [0.15, 0.2) is 0 Å². The van der Waals surface area contributed by atoms with E-state index < -0.39 is 5.60 Å². The van der Waals surface area contributed by atoms with Crippen LogP contribution in [0.25, 0.3) is 0 Å². The molecular weight excluding hydrogens is 306 g/mol. The first-order valence-corrected chi connectivity index (χ1v) is 8.67. The molecule has 0 unspecified atom stereocenters. The predicted octanol–water partition coefficient (Wildman–Crippen LogP) is 2.20. The molecule has 1 saturated heterocycles. The summed E-state index contributed by atoms with van der Waals surface area (Å²) >= 11 is 3.03. The van der Waals surface area contributed by atoms with E-state index in [1.165, 1.54) is 22.7 Å². The summed E-state index contributed by atoms with van der Waals surface area (Å²) < 4.78 is 5.24. The van der Waals surface area contributed by atoms with Crippen LogP contribution in [-0.4, -0.2) is 30.8 Å². The topological polar surface area (TPSA) is 58.6 Å². The summed E-state index contributed by atoms with van der Waals surface area (Å²) in [6, 6.07) is 5.70. The highest BCUT2D eigenvalue weighted by molar-refractivity contribution is 7.10. The number of carbonyl (C=O) groups excluding carboxylic acids is 1. The second-order valence-electron chi connectivity index (χ2n) is 5.13. The molecule has 3 heterocycles. The van der Waals surface area contributed by atoms with Crippen molar-refractivity contribution in [1.82, 2.24) is 5.32 Å². The lowest BCUT2D eigenvalue weighted by Gasteiger charge is -2.27. The second-order valence-corrected chi connectivity index (χ2v) is 6.86. The van der Waals surface area contributed by atoms with Crippen LogP contribution in [0.1, 0.15) is 16.9 Å². The summed E-state index contributed by atoms with van der Waals surface area (Å²) in [7, 11) is 0. The normalized spacial score (nSPS) is 21.1. The lowest BCUT2D eigenvalue weighted by Crippen LogP contribution is -2.43. The first kappa shape index (κ1) is 14.7. The number of nitrogens with one attached hydrogen (secondary N) is 1. The molecule has 1 aliphatic heterocycles. The van der Waals surface area contributed by atoms with Crippen LogP contribution in [0.2, 0.25) is 0 Å². The van der Waals surface area contributed by atoms with Crippen molar-refractivity contribution in [3.63, 3.8) is 0 Å². The van der Waals surface area contributed by atoms with Gasteiger partial charge in [0, 0.05) is 17.0 Å². The van der Waals surface area contributed by atoms with E-state index in [0.717, 1.165) is 16.9 Å². The van der Waals surface area contributed by atoms with Gasteiger partial charge in [0.2, 0.25) is 5.91 Å². The molecule has 112 valence electrons. The first-order chi connectivity index (χ1) is 10.2. The zero-order valence-corrected chi connectivity index (χ0v) is 13.1. The van der Waals surface area contributed by atoms with Gasteiger partial charge in [-0.15, -0.1) is 11.3 Å². The Morgan fingerprint density at radius 3 is 3.00 bits per heavy atom. The fourth-order valence-corrected chi connectivity index (χ4v) is 4.02. The van der Waals surface area contributed by atoms with Crippen LogP contribution in [-0.2, 0) is 15.1 Å². The van der Waals surface area contributed by atoms with Crippen molar-refractivity contribution in [1.29, 1.82) is 0 Å². The van der Waals surface area contributed by atoms with Gasteiger partial charge in [-0.25, -0.2) is 0 Å². The van der Waals surface area contributed by atoms with Gasteiger partial charge in [0.1, 0.15) is 5.60 Å². The number of hydrogen-bond acceptors (Lipinski definition) is 5. The molecule has 0 radical (unpaired) electrons. The minimum atomic E-state index is -1.16. The highest BCUT2D eigenvalue weighted by Gasteiger charge is 2.34. The van der Waals surface area contributed by atoms with Gasteiger partial charge in [-0.2, -0.15) is 11.3 Å². The third kappa shape index (κ3) is 3.03. The zero-order valence-electron chi connectivity index (χ0n) is 11.5. The van der Waals surface area contributed by atoms with Gasteiger partial charge in [-0.3, -0.25) is 4.79 Å². The number of hydrogen-bond donors (Lipinski definition) is 2. The maximum Gasteiger partial charge on any atom is 0.225 e. The third-order valence-electron chi connectivity index (χ3n) is 3.75. The molecule has 0 saturated carbocycles. The van der Waals surface area contributed by atoms with Crippen molar-refractivity contribution >= 4 is 28.6 Å². The molecule has 0 aromatic carbocycles. The molecule has 0 aliphatic carbocycles. The predicted molar refractivity (Wildman–Crippen MR) is 83.6 cm³/mol. The van der Waals surface area contributed by atoms with E-state index in [2.05, 4.69) is 5.32 Å². The third-order valence-corrected chi connectivity index (χ3v) is 5.45. The van der Waals surface area contributed by atoms with Crippen molar-refractivity contribution in [3.05, 3.63) is 44.8 Å². The van der Waals surface area contributed by atoms with Gasteiger partial charge in [-0.1, -0.05) is 6.07 Å². The van der Waals surface area contributed by atoms with E-state index in [9.17, 15) is 9.90 Å². The molecule has 1 fully saturated rings. The van der Waals surface area contributed by atoms with E-state index in [0.29, 0.717) is 13.2 Å². The van der Waals surface area contributed by atoms with Crippen molar-refractivity contribution in [2.45, 2.75) is 12.0 Å². The molecule has 21 heavy (non-hydrogen) atoms. The van der Waals surface area contributed by atoms with Crippen LogP contribution in [0.3, 0.4) is 0 Å². The summed E-state index contributed by atoms with van der Waals surface area (Å²) in [5.74, 6) is -0.141. The molecule has 1 amide bonds. The molecule has 2 atom stereocenters. The van der Waals surface area contributed by atoms with E-state index in [1.807, 2.05) is 34.3 Å². The lowest BCUT2D eigenvalue weighted by molar-refractivity contribution is -0.125. The summed E-state index contributed by atoms with van der Waals surface area (Å²) in [6.07, 6.45) is 0.752. The van der Waals surface area contributed by atoms with Crippen LogP contribution in [0.15, 0.2) is 34.3 Å². The Morgan fingerprint density at radius 2 is 2.38 bits per heavy atom. The monoisotopic (exact) mass is 323 g/mol. The Kier molecular flexibility index (Phi) is 4.40. The quantitative estimate of drug-likeness (QED) is 0.887. The fraction of sp³-hybridized carbons (Fsp3) is 0.400. The fourth-order valence-electron chi connectivity index (χ4n) is 2.45. The Labute approximate surface area is 131 Å². The summed E-state index contributed by atoms with van der Waals surface area (Å²) in [6.45, 7) is 1.29. The van der Waals surface area contributed by atoms with Gasteiger partial charge in [0.25, 0.3) is 0 Å². The Balaban J connectivity index is 1.76. The largest absolute Gasteiger partial charge is 0.381 e. The van der Waals surface area contributed by atoms with E-state index >= 15 is 0 Å². The van der Waals surface area contributed by atoms with Crippen molar-refractivity contribution < 1.29 is 14.6 Å². The molecular formula is C15H17NO3S2. The summed E-state index contributed by atoms with van der Waals surface area (Å²) in [5, 5.41) is 19.8. The van der Waals surface area contributed by atoms with E-state index in [-0.39, 0.29) is 18.4 Å². The molecule has 3 rings (SSSR count). The molecule has 2 aromatic heterocycles. The summed E-state index contributed by atoms with van der Waals surface area (Å²) in [4.78, 5) is 13.0. The Morgan fingerprint density at radius 1 is 1.48 bits per heavy atom. The molecule has 2 N–H and O–H groups in total. The Hall–Kier alpha value is -1.21. The summed E-state index contributed by atoms with van der Waals surface area (Å²) in [5.41, 5.74) is -0.346. The number of carbonyl (C=O) groups is 1. The van der Waals surface area contributed by atoms with Crippen molar-refractivity contribution in [3.8, 4) is 0 Å². The molecule has 0 spiro atoms. The minimum Gasteiger partial charge on any atom is -0.381 e. The SMILES string of the molecule is O=C(NC[C@@](O)(c1ccsc1)c1cccs1)[C@@H]1CCOC1. The highest BCUT2D eigenvalue weighted by atomic mass is 32.1. The average molecular weight is 323 g/mol. The maximum atomic E-state index is 12.1. The maximum absolute atomic E-state index is 12.1. The molecule has 4 nitrogen and oxygen atoms in total. The van der Waals surface area contributed by atoms with Crippen LogP contribution >= 0.6 is 22.7 Å². The molecule has 1 aliphatic rings. The van der Waals surface area contributed by atoms with Crippen LogP contribution < -0.4 is 5.32 Å². The number of aliphatic hydroxyl groups is 1. The van der Waals surface area contributed by atoms with Gasteiger partial charge in [0.05, 0.1) is 19.1 Å². The number of amides is 1. The number of ether oxygens (including phenoxy) is 1. The molecule has 6 heteroatoms. The molecule has 2 aromatic rings. The van der Waals surface area contributed by atoms with Gasteiger partial charge in [-0.05, 0) is 34.7 Å². The van der Waals surface area contributed by atoms with Crippen LogP contribution in [0, 0.1) is 5.92 Å². The van der Waals surface area contributed by atoms with Gasteiger partial charge >= 0.3 is 0 Å². The highest BCUT2D eigenvalue weighted by Crippen LogP contribution is 2.33.